The molecule has 78 valence electrons. The van der Waals surface area contributed by atoms with Crippen molar-refractivity contribution < 1.29 is 5.11 Å². The summed E-state index contributed by atoms with van der Waals surface area (Å²) < 4.78 is 0. The third-order valence-corrected chi connectivity index (χ3v) is 2.99. The Bertz CT molecular complexity index is 337. The Hall–Kier alpha value is -0.500. The number of rotatable bonds is 1. The van der Waals surface area contributed by atoms with Gasteiger partial charge in [0.05, 0.1) is 0 Å². The molecule has 0 bridgehead atoms. The molecule has 0 aliphatic rings. The van der Waals surface area contributed by atoms with E-state index in [-0.39, 0.29) is 5.41 Å². The highest BCUT2D eigenvalue weighted by Crippen LogP contribution is 2.31. The van der Waals surface area contributed by atoms with E-state index in [1.165, 1.54) is 5.56 Å². The maximum absolute atomic E-state index is 9.76. The average Bonchev–Trinajstić information content (AvgIpc) is 2.07. The van der Waals surface area contributed by atoms with Gasteiger partial charge in [0.1, 0.15) is 5.75 Å². The second kappa shape index (κ2) is 3.93. The van der Waals surface area contributed by atoms with Gasteiger partial charge < -0.3 is 5.11 Å². The van der Waals surface area contributed by atoms with Gasteiger partial charge in [-0.3, -0.25) is 0 Å². The van der Waals surface area contributed by atoms with Crippen molar-refractivity contribution in [3.8, 4) is 5.75 Å². The van der Waals surface area contributed by atoms with Crippen LogP contribution in [0.25, 0.3) is 0 Å². The molecule has 0 saturated heterocycles. The van der Waals surface area contributed by atoms with E-state index in [4.69, 9.17) is 0 Å². The minimum absolute atomic E-state index is 0.134. The van der Waals surface area contributed by atoms with Gasteiger partial charge in [-0.25, -0.2) is 0 Å². The molecular formula is C12H17BrO. The van der Waals surface area contributed by atoms with Gasteiger partial charge in [0.15, 0.2) is 0 Å². The fourth-order valence-electron chi connectivity index (χ4n) is 1.39. The molecule has 0 aliphatic carbocycles. The standard InChI is InChI=1S/C12H17BrO/c1-8-5-10(12(2,3)4)6-9(7-13)11(8)14/h5-6,14H,7H2,1-4H3. The summed E-state index contributed by atoms with van der Waals surface area (Å²) in [7, 11) is 0. The first-order valence-electron chi connectivity index (χ1n) is 4.75. The van der Waals surface area contributed by atoms with Crippen LogP contribution in [0.15, 0.2) is 12.1 Å². The number of halogens is 1. The van der Waals surface area contributed by atoms with Crippen molar-refractivity contribution in [1.29, 1.82) is 0 Å². The highest BCUT2D eigenvalue weighted by Gasteiger charge is 2.16. The van der Waals surface area contributed by atoms with Gasteiger partial charge >= 0.3 is 0 Å². The second-order valence-corrected chi connectivity index (χ2v) is 5.25. The highest BCUT2D eigenvalue weighted by atomic mass is 79.9. The number of hydrogen-bond donors (Lipinski definition) is 1. The lowest BCUT2D eigenvalue weighted by molar-refractivity contribution is 0.465. The van der Waals surface area contributed by atoms with Gasteiger partial charge in [-0.1, -0.05) is 48.8 Å². The van der Waals surface area contributed by atoms with Crippen molar-refractivity contribution >= 4 is 15.9 Å². The molecule has 0 heterocycles. The molecule has 0 fully saturated rings. The lowest BCUT2D eigenvalue weighted by Gasteiger charge is -2.21. The molecule has 1 aromatic carbocycles. The van der Waals surface area contributed by atoms with Crippen LogP contribution >= 0.6 is 15.9 Å². The summed E-state index contributed by atoms with van der Waals surface area (Å²) in [5.74, 6) is 0.412. The van der Waals surface area contributed by atoms with E-state index in [1.54, 1.807) is 0 Å². The first kappa shape index (κ1) is 11.6. The van der Waals surface area contributed by atoms with Crippen LogP contribution in [0.4, 0.5) is 0 Å². The smallest absolute Gasteiger partial charge is 0.122 e. The lowest BCUT2D eigenvalue weighted by atomic mass is 9.85. The van der Waals surface area contributed by atoms with Gasteiger partial charge in [-0.05, 0) is 23.5 Å². The molecule has 2 heteroatoms. The van der Waals surface area contributed by atoms with E-state index in [2.05, 4.69) is 48.8 Å². The molecule has 0 spiro atoms. The van der Waals surface area contributed by atoms with E-state index in [0.29, 0.717) is 11.1 Å². The van der Waals surface area contributed by atoms with Crippen molar-refractivity contribution in [3.05, 3.63) is 28.8 Å². The van der Waals surface area contributed by atoms with Crippen LogP contribution in [-0.4, -0.2) is 5.11 Å². The number of phenols is 1. The number of aromatic hydroxyl groups is 1. The maximum atomic E-state index is 9.76. The molecule has 14 heavy (non-hydrogen) atoms. The Morgan fingerprint density at radius 1 is 1.29 bits per heavy atom. The molecule has 0 amide bonds. The van der Waals surface area contributed by atoms with Crippen molar-refractivity contribution in [2.24, 2.45) is 0 Å². The summed E-state index contributed by atoms with van der Waals surface area (Å²) >= 11 is 3.38. The summed E-state index contributed by atoms with van der Waals surface area (Å²) in [6, 6.07) is 4.12. The van der Waals surface area contributed by atoms with Gasteiger partial charge in [0.2, 0.25) is 0 Å². The zero-order valence-electron chi connectivity index (χ0n) is 9.19. The van der Waals surface area contributed by atoms with Crippen molar-refractivity contribution in [3.63, 3.8) is 0 Å². The Balaban J connectivity index is 3.30. The molecule has 1 nitrogen and oxygen atoms in total. The zero-order chi connectivity index (χ0) is 10.9. The molecule has 0 aliphatic heterocycles. The quantitative estimate of drug-likeness (QED) is 0.756. The van der Waals surface area contributed by atoms with Crippen LogP contribution < -0.4 is 0 Å². The number of aryl methyl sites for hydroxylation is 1. The highest BCUT2D eigenvalue weighted by molar-refractivity contribution is 9.08. The Morgan fingerprint density at radius 3 is 2.29 bits per heavy atom. The van der Waals surface area contributed by atoms with Crippen molar-refractivity contribution in [2.75, 3.05) is 0 Å². The predicted octanol–water partition coefficient (Wildman–Crippen LogP) is 3.89. The van der Waals surface area contributed by atoms with Crippen LogP contribution in [0.2, 0.25) is 0 Å². The number of alkyl halides is 1. The van der Waals surface area contributed by atoms with Crippen LogP contribution in [0.1, 0.15) is 37.5 Å². The van der Waals surface area contributed by atoms with Gasteiger partial charge in [-0.2, -0.15) is 0 Å². The first-order valence-corrected chi connectivity index (χ1v) is 5.87. The maximum Gasteiger partial charge on any atom is 0.122 e. The van der Waals surface area contributed by atoms with Crippen molar-refractivity contribution in [2.45, 2.75) is 38.4 Å². The number of hydrogen-bond acceptors (Lipinski definition) is 1. The van der Waals surface area contributed by atoms with E-state index < -0.39 is 0 Å². The van der Waals surface area contributed by atoms with E-state index >= 15 is 0 Å². The molecule has 0 radical (unpaired) electrons. The fourth-order valence-corrected chi connectivity index (χ4v) is 1.81. The Kier molecular flexibility index (Phi) is 3.25. The first-order chi connectivity index (χ1) is 6.36. The Morgan fingerprint density at radius 2 is 1.86 bits per heavy atom. The molecular weight excluding hydrogens is 240 g/mol. The average molecular weight is 257 g/mol. The summed E-state index contributed by atoms with van der Waals surface area (Å²) in [5.41, 5.74) is 3.32. The predicted molar refractivity (Wildman–Crippen MR) is 64.2 cm³/mol. The van der Waals surface area contributed by atoms with Crippen LogP contribution in [0.3, 0.4) is 0 Å². The molecule has 0 aromatic heterocycles. The van der Waals surface area contributed by atoms with Gasteiger partial charge in [0, 0.05) is 10.9 Å². The molecule has 0 atom stereocenters. The number of benzene rings is 1. The van der Waals surface area contributed by atoms with Gasteiger partial charge in [-0.15, -0.1) is 0 Å². The molecule has 0 unspecified atom stereocenters. The molecule has 1 aromatic rings. The van der Waals surface area contributed by atoms with Crippen LogP contribution in [-0.2, 0) is 10.7 Å². The molecule has 1 rings (SSSR count). The van der Waals surface area contributed by atoms with E-state index in [0.717, 1.165) is 11.1 Å². The largest absolute Gasteiger partial charge is 0.507 e. The van der Waals surface area contributed by atoms with Crippen LogP contribution in [0, 0.1) is 6.92 Å². The van der Waals surface area contributed by atoms with Gasteiger partial charge in [0.25, 0.3) is 0 Å². The van der Waals surface area contributed by atoms with E-state index in [9.17, 15) is 5.11 Å². The van der Waals surface area contributed by atoms with Crippen molar-refractivity contribution in [1.82, 2.24) is 0 Å². The fraction of sp³-hybridized carbons (Fsp3) is 0.500. The third-order valence-electron chi connectivity index (χ3n) is 2.39. The monoisotopic (exact) mass is 256 g/mol. The second-order valence-electron chi connectivity index (χ2n) is 4.68. The Labute approximate surface area is 94.3 Å². The summed E-state index contributed by atoms with van der Waals surface area (Å²) in [5, 5.41) is 10.5. The minimum atomic E-state index is 0.134. The third kappa shape index (κ3) is 2.30. The van der Waals surface area contributed by atoms with Crippen LogP contribution in [0.5, 0.6) is 5.75 Å². The minimum Gasteiger partial charge on any atom is -0.507 e. The lowest BCUT2D eigenvalue weighted by Crippen LogP contribution is -2.11. The normalized spacial score (nSPS) is 11.8. The number of phenolic OH excluding ortho intramolecular Hbond substituents is 1. The topological polar surface area (TPSA) is 20.2 Å². The molecule has 0 saturated carbocycles. The van der Waals surface area contributed by atoms with E-state index in [1.807, 2.05) is 6.92 Å². The zero-order valence-corrected chi connectivity index (χ0v) is 10.8. The molecule has 1 N–H and O–H groups in total. The summed E-state index contributed by atoms with van der Waals surface area (Å²) in [6.07, 6.45) is 0. The summed E-state index contributed by atoms with van der Waals surface area (Å²) in [6.45, 7) is 8.47. The SMILES string of the molecule is Cc1cc(C(C)(C)C)cc(CBr)c1O. The summed E-state index contributed by atoms with van der Waals surface area (Å²) in [4.78, 5) is 0.